The van der Waals surface area contributed by atoms with Gasteiger partial charge < -0.3 is 19.4 Å². The quantitative estimate of drug-likeness (QED) is 0.835. The molecule has 0 bridgehead atoms. The highest BCUT2D eigenvalue weighted by molar-refractivity contribution is 5.68. The van der Waals surface area contributed by atoms with E-state index in [9.17, 15) is 4.79 Å². The fraction of sp³-hybridized carbons (Fsp3) is 0.429. The second kappa shape index (κ2) is 7.96. The summed E-state index contributed by atoms with van der Waals surface area (Å²) in [5.74, 6) is 0. The zero-order chi connectivity index (χ0) is 18.6. The maximum absolute atomic E-state index is 12.5. The second-order valence-electron chi connectivity index (χ2n) is 7.30. The SMILES string of the molecule is CN1CCN(c2cnc3c(c2)CN(C(=O)OCc2ccccc2)CC3)CC1. The summed E-state index contributed by atoms with van der Waals surface area (Å²) in [5.41, 5.74) is 4.39. The van der Waals surface area contributed by atoms with Crippen LogP contribution in [0.2, 0.25) is 0 Å². The van der Waals surface area contributed by atoms with E-state index >= 15 is 0 Å². The van der Waals surface area contributed by atoms with Crippen molar-refractivity contribution in [3.05, 3.63) is 59.4 Å². The van der Waals surface area contributed by atoms with Crippen LogP contribution in [-0.2, 0) is 24.3 Å². The fourth-order valence-corrected chi connectivity index (χ4v) is 3.62. The van der Waals surface area contributed by atoms with Gasteiger partial charge in [0.25, 0.3) is 0 Å². The highest BCUT2D eigenvalue weighted by Crippen LogP contribution is 2.24. The Morgan fingerprint density at radius 1 is 1.11 bits per heavy atom. The maximum atomic E-state index is 12.5. The number of piperazine rings is 1. The van der Waals surface area contributed by atoms with Gasteiger partial charge in [-0.1, -0.05) is 30.3 Å². The number of nitrogens with zero attached hydrogens (tertiary/aromatic N) is 4. The molecule has 0 spiro atoms. The minimum absolute atomic E-state index is 0.255. The minimum Gasteiger partial charge on any atom is -0.445 e. The largest absolute Gasteiger partial charge is 0.445 e. The number of likely N-dealkylation sites (N-methyl/N-ethyl adjacent to an activating group) is 1. The first-order valence-corrected chi connectivity index (χ1v) is 9.56. The van der Waals surface area contributed by atoms with Crippen LogP contribution >= 0.6 is 0 Å². The van der Waals surface area contributed by atoms with Gasteiger partial charge in [-0.2, -0.15) is 0 Å². The highest BCUT2D eigenvalue weighted by Gasteiger charge is 2.24. The summed E-state index contributed by atoms with van der Waals surface area (Å²) in [7, 11) is 2.15. The van der Waals surface area contributed by atoms with Crippen LogP contribution in [-0.4, -0.2) is 60.6 Å². The van der Waals surface area contributed by atoms with E-state index in [4.69, 9.17) is 4.74 Å². The monoisotopic (exact) mass is 366 g/mol. The summed E-state index contributed by atoms with van der Waals surface area (Å²) in [5, 5.41) is 0. The summed E-state index contributed by atoms with van der Waals surface area (Å²) < 4.78 is 5.49. The number of amides is 1. The molecule has 1 aromatic heterocycles. The predicted molar refractivity (Wildman–Crippen MR) is 105 cm³/mol. The third-order valence-corrected chi connectivity index (χ3v) is 5.36. The smallest absolute Gasteiger partial charge is 0.410 e. The Labute approximate surface area is 160 Å². The van der Waals surface area contributed by atoms with E-state index in [2.05, 4.69) is 27.9 Å². The number of hydrogen-bond acceptors (Lipinski definition) is 5. The molecule has 0 aliphatic carbocycles. The Bertz CT molecular complexity index is 788. The summed E-state index contributed by atoms with van der Waals surface area (Å²) in [4.78, 5) is 23.6. The Kier molecular flexibility index (Phi) is 5.25. The van der Waals surface area contributed by atoms with Crippen molar-refractivity contribution >= 4 is 11.8 Å². The molecule has 27 heavy (non-hydrogen) atoms. The van der Waals surface area contributed by atoms with Crippen molar-refractivity contribution in [2.45, 2.75) is 19.6 Å². The lowest BCUT2D eigenvalue weighted by atomic mass is 10.1. The number of aromatic nitrogens is 1. The summed E-state index contributed by atoms with van der Waals surface area (Å²) in [6.45, 7) is 5.69. The van der Waals surface area contributed by atoms with Crippen LogP contribution in [0.3, 0.4) is 0 Å². The van der Waals surface area contributed by atoms with Crippen molar-refractivity contribution in [2.24, 2.45) is 0 Å². The number of carbonyl (C=O) groups is 1. The van der Waals surface area contributed by atoms with Crippen molar-refractivity contribution in [3.63, 3.8) is 0 Å². The van der Waals surface area contributed by atoms with Crippen LogP contribution in [0.25, 0.3) is 0 Å². The molecule has 0 saturated carbocycles. The number of hydrogen-bond donors (Lipinski definition) is 0. The lowest BCUT2D eigenvalue weighted by molar-refractivity contribution is 0.0916. The van der Waals surface area contributed by atoms with E-state index < -0.39 is 0 Å². The summed E-state index contributed by atoms with van der Waals surface area (Å²) in [6, 6.07) is 12.0. The number of pyridine rings is 1. The van der Waals surface area contributed by atoms with E-state index in [1.807, 2.05) is 36.5 Å². The molecule has 0 unspecified atom stereocenters. The highest BCUT2D eigenvalue weighted by atomic mass is 16.6. The molecule has 1 aromatic carbocycles. The predicted octanol–water partition coefficient (Wildman–Crippen LogP) is 2.53. The zero-order valence-corrected chi connectivity index (χ0v) is 15.8. The number of anilines is 1. The van der Waals surface area contributed by atoms with Crippen molar-refractivity contribution in [1.82, 2.24) is 14.8 Å². The molecule has 0 atom stereocenters. The van der Waals surface area contributed by atoms with Crippen molar-refractivity contribution in [1.29, 1.82) is 0 Å². The summed E-state index contributed by atoms with van der Waals surface area (Å²) in [6.07, 6.45) is 2.50. The van der Waals surface area contributed by atoms with Crippen molar-refractivity contribution in [3.8, 4) is 0 Å². The molecule has 2 aliphatic heterocycles. The average Bonchev–Trinajstić information content (AvgIpc) is 2.72. The third-order valence-electron chi connectivity index (χ3n) is 5.36. The van der Waals surface area contributed by atoms with Gasteiger partial charge in [-0.25, -0.2) is 4.79 Å². The Morgan fingerprint density at radius 3 is 2.67 bits per heavy atom. The van der Waals surface area contributed by atoms with Gasteiger partial charge in [-0.05, 0) is 24.2 Å². The minimum atomic E-state index is -0.255. The first-order chi connectivity index (χ1) is 13.2. The molecule has 2 aromatic rings. The van der Waals surface area contributed by atoms with Crippen LogP contribution < -0.4 is 4.90 Å². The number of ether oxygens (including phenoxy) is 1. The Hall–Kier alpha value is -2.60. The number of benzene rings is 1. The molecule has 0 radical (unpaired) electrons. The summed E-state index contributed by atoms with van der Waals surface area (Å²) >= 11 is 0. The van der Waals surface area contributed by atoms with E-state index in [1.165, 1.54) is 0 Å². The molecule has 6 nitrogen and oxygen atoms in total. The van der Waals surface area contributed by atoms with Crippen LogP contribution in [0.4, 0.5) is 10.5 Å². The van der Waals surface area contributed by atoms with Crippen LogP contribution in [0.1, 0.15) is 16.8 Å². The lowest BCUT2D eigenvalue weighted by Gasteiger charge is -2.35. The van der Waals surface area contributed by atoms with E-state index in [0.29, 0.717) is 19.7 Å². The molecule has 3 heterocycles. The zero-order valence-electron chi connectivity index (χ0n) is 15.8. The Balaban J connectivity index is 1.39. The molecule has 0 N–H and O–H groups in total. The van der Waals surface area contributed by atoms with Gasteiger partial charge in [0, 0.05) is 44.8 Å². The van der Waals surface area contributed by atoms with E-state index in [-0.39, 0.29) is 6.09 Å². The molecule has 1 amide bonds. The third kappa shape index (κ3) is 4.22. The van der Waals surface area contributed by atoms with Gasteiger partial charge in [0.15, 0.2) is 0 Å². The van der Waals surface area contributed by atoms with Gasteiger partial charge in [0.1, 0.15) is 6.61 Å². The fourth-order valence-electron chi connectivity index (χ4n) is 3.62. The second-order valence-corrected chi connectivity index (χ2v) is 7.30. The molecule has 4 rings (SSSR count). The van der Waals surface area contributed by atoms with Gasteiger partial charge in [0.05, 0.1) is 18.4 Å². The van der Waals surface area contributed by atoms with Gasteiger partial charge in [-0.15, -0.1) is 0 Å². The first kappa shape index (κ1) is 17.8. The molecule has 1 saturated heterocycles. The molecular weight excluding hydrogens is 340 g/mol. The molecular formula is C21H26N4O2. The van der Waals surface area contributed by atoms with Crippen molar-refractivity contribution in [2.75, 3.05) is 44.7 Å². The molecule has 6 heteroatoms. The normalized spacial score (nSPS) is 17.5. The molecule has 2 aliphatic rings. The van der Waals surface area contributed by atoms with Gasteiger partial charge in [0.2, 0.25) is 0 Å². The number of carbonyl (C=O) groups excluding carboxylic acids is 1. The average molecular weight is 366 g/mol. The van der Waals surface area contributed by atoms with E-state index in [0.717, 1.165) is 55.1 Å². The Morgan fingerprint density at radius 2 is 1.89 bits per heavy atom. The number of rotatable bonds is 3. The molecule has 1 fully saturated rings. The lowest BCUT2D eigenvalue weighted by Crippen LogP contribution is -2.44. The maximum Gasteiger partial charge on any atom is 0.410 e. The van der Waals surface area contributed by atoms with Crippen LogP contribution in [0, 0.1) is 0 Å². The van der Waals surface area contributed by atoms with Gasteiger partial charge in [-0.3, -0.25) is 4.98 Å². The van der Waals surface area contributed by atoms with Crippen LogP contribution in [0.5, 0.6) is 0 Å². The van der Waals surface area contributed by atoms with Gasteiger partial charge >= 0.3 is 6.09 Å². The van der Waals surface area contributed by atoms with Crippen molar-refractivity contribution < 1.29 is 9.53 Å². The van der Waals surface area contributed by atoms with Crippen LogP contribution in [0.15, 0.2) is 42.6 Å². The first-order valence-electron chi connectivity index (χ1n) is 9.56. The van der Waals surface area contributed by atoms with E-state index in [1.54, 1.807) is 4.90 Å². The standard InChI is InChI=1S/C21H26N4O2/c1-23-9-11-24(12-10-23)19-13-18-15-25(8-7-20(18)22-14-19)21(26)27-16-17-5-3-2-4-6-17/h2-6,13-14H,7-12,15-16H2,1H3. The number of fused-ring (bicyclic) bond motifs is 1. The molecule has 142 valence electrons. The topological polar surface area (TPSA) is 48.9 Å².